The van der Waals surface area contributed by atoms with Crippen molar-refractivity contribution in [3.63, 3.8) is 0 Å². The van der Waals surface area contributed by atoms with E-state index in [1.807, 2.05) is 47.9 Å². The van der Waals surface area contributed by atoms with Crippen molar-refractivity contribution in [3.8, 4) is 0 Å². The van der Waals surface area contributed by atoms with Gasteiger partial charge in [-0.1, -0.05) is 29.5 Å². The van der Waals surface area contributed by atoms with Crippen LogP contribution in [-0.4, -0.2) is 50.8 Å². The number of nitrogens with zero attached hydrogens (tertiary/aromatic N) is 4. The fourth-order valence-corrected chi connectivity index (χ4v) is 4.02. The highest BCUT2D eigenvalue weighted by Gasteiger charge is 2.31. The molecular formula is C22H25N5O3S. The Bertz CT molecular complexity index is 1040. The van der Waals surface area contributed by atoms with Gasteiger partial charge in [0.25, 0.3) is 0 Å². The summed E-state index contributed by atoms with van der Waals surface area (Å²) in [6.07, 6.45) is 3.86. The van der Waals surface area contributed by atoms with Crippen LogP contribution in [0.4, 0.5) is 5.69 Å². The average Bonchev–Trinajstić information content (AvgIpc) is 3.31. The highest BCUT2D eigenvalue weighted by Crippen LogP contribution is 2.40. The van der Waals surface area contributed by atoms with Gasteiger partial charge in [-0.05, 0) is 44.0 Å². The standard InChI is InChI=1S/C22H25N5O3S/c1-15-5-9-17(10-6-15)23-19(28)13-26(2)20(29)14-31-22-25-24-21(16-7-8-16)27(22)12-18-4-3-11-30-18/h3-6,9-11,16H,7-8,12-14H2,1-2H3,(H,23,28). The van der Waals surface area contributed by atoms with E-state index in [1.165, 1.54) is 16.7 Å². The number of aryl methyl sites for hydroxylation is 1. The molecule has 1 N–H and O–H groups in total. The summed E-state index contributed by atoms with van der Waals surface area (Å²) in [6.45, 7) is 2.51. The summed E-state index contributed by atoms with van der Waals surface area (Å²) < 4.78 is 7.50. The van der Waals surface area contributed by atoms with Gasteiger partial charge < -0.3 is 14.6 Å². The lowest BCUT2D eigenvalue weighted by Gasteiger charge is -2.17. The molecule has 1 aromatic carbocycles. The van der Waals surface area contributed by atoms with Gasteiger partial charge in [0.1, 0.15) is 11.6 Å². The summed E-state index contributed by atoms with van der Waals surface area (Å²) in [6, 6.07) is 11.3. The van der Waals surface area contributed by atoms with Gasteiger partial charge in [-0.25, -0.2) is 0 Å². The molecular weight excluding hydrogens is 414 g/mol. The van der Waals surface area contributed by atoms with E-state index >= 15 is 0 Å². The molecule has 2 heterocycles. The monoisotopic (exact) mass is 439 g/mol. The van der Waals surface area contributed by atoms with Crippen LogP contribution < -0.4 is 5.32 Å². The second-order valence-electron chi connectivity index (χ2n) is 7.73. The van der Waals surface area contributed by atoms with Crippen LogP contribution in [0, 0.1) is 6.92 Å². The summed E-state index contributed by atoms with van der Waals surface area (Å²) in [5, 5.41) is 12.1. The number of carbonyl (C=O) groups excluding carboxylic acids is 2. The van der Waals surface area contributed by atoms with Crippen molar-refractivity contribution < 1.29 is 14.0 Å². The Kier molecular flexibility index (Phi) is 6.41. The van der Waals surface area contributed by atoms with Gasteiger partial charge in [0.2, 0.25) is 11.8 Å². The average molecular weight is 440 g/mol. The number of carbonyl (C=O) groups is 2. The maximum atomic E-state index is 12.6. The fourth-order valence-electron chi connectivity index (χ4n) is 3.13. The van der Waals surface area contributed by atoms with Crippen LogP contribution in [0.15, 0.2) is 52.2 Å². The second-order valence-corrected chi connectivity index (χ2v) is 8.68. The topological polar surface area (TPSA) is 93.3 Å². The van der Waals surface area contributed by atoms with Crippen LogP contribution in [0.25, 0.3) is 0 Å². The third kappa shape index (κ3) is 5.55. The molecule has 1 saturated carbocycles. The van der Waals surface area contributed by atoms with Crippen molar-refractivity contribution >= 4 is 29.3 Å². The molecule has 0 unspecified atom stereocenters. The van der Waals surface area contributed by atoms with Crippen LogP contribution >= 0.6 is 11.8 Å². The molecule has 1 fully saturated rings. The summed E-state index contributed by atoms with van der Waals surface area (Å²) in [7, 11) is 1.63. The van der Waals surface area contributed by atoms with Crippen LogP contribution in [0.5, 0.6) is 0 Å². The maximum absolute atomic E-state index is 12.6. The zero-order chi connectivity index (χ0) is 21.8. The van der Waals surface area contributed by atoms with Crippen molar-refractivity contribution in [1.82, 2.24) is 19.7 Å². The number of hydrogen-bond acceptors (Lipinski definition) is 6. The van der Waals surface area contributed by atoms with E-state index in [-0.39, 0.29) is 24.1 Å². The summed E-state index contributed by atoms with van der Waals surface area (Å²) in [4.78, 5) is 26.3. The van der Waals surface area contributed by atoms with Gasteiger partial charge in [0.05, 0.1) is 25.1 Å². The van der Waals surface area contributed by atoms with Gasteiger partial charge in [-0.15, -0.1) is 10.2 Å². The van der Waals surface area contributed by atoms with Crippen molar-refractivity contribution in [1.29, 1.82) is 0 Å². The van der Waals surface area contributed by atoms with Gasteiger partial charge in [-0.3, -0.25) is 14.2 Å². The highest BCUT2D eigenvalue weighted by molar-refractivity contribution is 7.99. The summed E-state index contributed by atoms with van der Waals surface area (Å²) in [5.41, 5.74) is 1.83. The highest BCUT2D eigenvalue weighted by atomic mass is 32.2. The minimum Gasteiger partial charge on any atom is -0.467 e. The van der Waals surface area contributed by atoms with Crippen LogP contribution in [0.3, 0.4) is 0 Å². The van der Waals surface area contributed by atoms with E-state index in [1.54, 1.807) is 13.3 Å². The van der Waals surface area contributed by atoms with Crippen LogP contribution in [0.2, 0.25) is 0 Å². The predicted octanol–water partition coefficient (Wildman–Crippen LogP) is 3.29. The lowest BCUT2D eigenvalue weighted by atomic mass is 10.2. The molecule has 0 spiro atoms. The van der Waals surface area contributed by atoms with Gasteiger partial charge >= 0.3 is 0 Å². The summed E-state index contributed by atoms with van der Waals surface area (Å²) >= 11 is 1.33. The molecule has 1 aliphatic carbocycles. The molecule has 8 nitrogen and oxygen atoms in total. The number of likely N-dealkylation sites (N-methyl/N-ethyl adjacent to an activating group) is 1. The van der Waals surface area contributed by atoms with Crippen molar-refractivity contribution in [3.05, 3.63) is 59.8 Å². The van der Waals surface area contributed by atoms with Crippen LogP contribution in [-0.2, 0) is 16.1 Å². The SMILES string of the molecule is Cc1ccc(NC(=O)CN(C)C(=O)CSc2nnc(C3CC3)n2Cc2ccco2)cc1. The molecule has 9 heteroatoms. The predicted molar refractivity (Wildman–Crippen MR) is 118 cm³/mol. The third-order valence-corrected chi connectivity index (χ3v) is 6.00. The Morgan fingerprint density at radius 3 is 2.68 bits per heavy atom. The largest absolute Gasteiger partial charge is 0.467 e. The van der Waals surface area contributed by atoms with Gasteiger partial charge in [0.15, 0.2) is 5.16 Å². The molecule has 31 heavy (non-hydrogen) atoms. The first-order valence-corrected chi connectivity index (χ1v) is 11.2. The summed E-state index contributed by atoms with van der Waals surface area (Å²) in [5.74, 6) is 1.99. The Labute approximate surface area is 185 Å². The number of benzene rings is 1. The molecule has 4 rings (SSSR count). The Morgan fingerprint density at radius 1 is 1.23 bits per heavy atom. The fraction of sp³-hybridized carbons (Fsp3) is 0.364. The first kappa shape index (κ1) is 21.2. The molecule has 3 aromatic rings. The Balaban J connectivity index is 1.32. The van der Waals surface area contributed by atoms with E-state index in [2.05, 4.69) is 15.5 Å². The minimum absolute atomic E-state index is 0.0142. The molecule has 0 atom stereocenters. The number of aromatic nitrogens is 3. The first-order chi connectivity index (χ1) is 15.0. The Morgan fingerprint density at radius 2 is 2.00 bits per heavy atom. The number of anilines is 1. The number of rotatable bonds is 9. The number of hydrogen-bond donors (Lipinski definition) is 1. The first-order valence-electron chi connectivity index (χ1n) is 10.2. The normalized spacial score (nSPS) is 13.2. The maximum Gasteiger partial charge on any atom is 0.243 e. The van der Waals surface area contributed by atoms with Crippen molar-refractivity contribution in [2.75, 3.05) is 24.7 Å². The van der Waals surface area contributed by atoms with E-state index < -0.39 is 0 Å². The molecule has 2 aromatic heterocycles. The molecule has 2 amide bonds. The number of thioether (sulfide) groups is 1. The van der Waals surface area contributed by atoms with Gasteiger partial charge in [-0.2, -0.15) is 0 Å². The molecule has 0 saturated heterocycles. The van der Waals surface area contributed by atoms with Crippen molar-refractivity contribution in [2.24, 2.45) is 0 Å². The Hall–Kier alpha value is -3.07. The molecule has 0 bridgehead atoms. The van der Waals surface area contributed by atoms with E-state index in [0.717, 1.165) is 30.0 Å². The van der Waals surface area contributed by atoms with E-state index in [0.29, 0.717) is 23.3 Å². The number of amides is 2. The molecule has 1 aliphatic rings. The van der Waals surface area contributed by atoms with E-state index in [9.17, 15) is 9.59 Å². The van der Waals surface area contributed by atoms with E-state index in [4.69, 9.17) is 4.42 Å². The molecule has 162 valence electrons. The van der Waals surface area contributed by atoms with Crippen LogP contribution in [0.1, 0.15) is 35.9 Å². The number of furan rings is 1. The lowest BCUT2D eigenvalue weighted by Crippen LogP contribution is -2.36. The smallest absolute Gasteiger partial charge is 0.243 e. The molecule has 0 aliphatic heterocycles. The minimum atomic E-state index is -0.235. The second kappa shape index (κ2) is 9.38. The number of nitrogens with one attached hydrogen (secondary N) is 1. The quantitative estimate of drug-likeness (QED) is 0.514. The zero-order valence-corrected chi connectivity index (χ0v) is 18.4. The molecule has 0 radical (unpaired) electrons. The van der Waals surface area contributed by atoms with Gasteiger partial charge in [0, 0.05) is 18.7 Å². The lowest BCUT2D eigenvalue weighted by molar-refractivity contribution is -0.131. The van der Waals surface area contributed by atoms with Crippen molar-refractivity contribution in [2.45, 2.75) is 37.4 Å². The third-order valence-electron chi connectivity index (χ3n) is 5.05. The zero-order valence-electron chi connectivity index (χ0n) is 17.6.